The topological polar surface area (TPSA) is 75.9 Å². The Kier molecular flexibility index (Phi) is 4.97. The Morgan fingerprint density at radius 3 is 2.96 bits per heavy atom. The Morgan fingerprint density at radius 1 is 1.29 bits per heavy atom. The highest BCUT2D eigenvalue weighted by molar-refractivity contribution is 5.97. The van der Waals surface area contributed by atoms with Crippen molar-refractivity contribution in [2.45, 2.75) is 20.0 Å². The van der Waals surface area contributed by atoms with E-state index in [2.05, 4.69) is 10.3 Å². The normalized spacial score (nSPS) is 16.5. The highest BCUT2D eigenvalue weighted by Gasteiger charge is 2.33. The maximum atomic E-state index is 12.5. The average molecular weight is 378 g/mol. The first-order chi connectivity index (χ1) is 13.6. The van der Waals surface area contributed by atoms with Crippen LogP contribution < -0.4 is 10.1 Å². The monoisotopic (exact) mass is 378 g/mol. The fourth-order valence-electron chi connectivity index (χ4n) is 3.38. The molecule has 1 aliphatic heterocycles. The summed E-state index contributed by atoms with van der Waals surface area (Å²) in [5.41, 5.74) is 2.35. The van der Waals surface area contributed by atoms with Gasteiger partial charge in [-0.25, -0.2) is 4.98 Å². The second-order valence-corrected chi connectivity index (χ2v) is 6.84. The van der Waals surface area contributed by atoms with E-state index in [4.69, 9.17) is 4.74 Å². The first kappa shape index (κ1) is 18.0. The van der Waals surface area contributed by atoms with E-state index in [-0.39, 0.29) is 24.2 Å². The fraction of sp³-hybridized carbons (Fsp3) is 0.286. The molecule has 1 aromatic carbocycles. The van der Waals surface area contributed by atoms with E-state index in [1.807, 2.05) is 60.1 Å². The molecule has 0 radical (unpaired) electrons. The minimum Gasteiger partial charge on any atom is -0.487 e. The maximum Gasteiger partial charge on any atom is 0.229 e. The molecule has 2 amide bonds. The molecule has 3 heterocycles. The molecule has 3 aromatic rings. The number of nitrogens with zero attached hydrogens (tertiary/aromatic N) is 3. The molecular formula is C21H22N4O3. The van der Waals surface area contributed by atoms with Crippen LogP contribution >= 0.6 is 0 Å². The van der Waals surface area contributed by atoms with Gasteiger partial charge in [0.1, 0.15) is 18.0 Å². The van der Waals surface area contributed by atoms with Crippen molar-refractivity contribution in [3.8, 4) is 5.75 Å². The fourth-order valence-corrected chi connectivity index (χ4v) is 3.38. The van der Waals surface area contributed by atoms with Gasteiger partial charge in [-0.3, -0.25) is 9.59 Å². The number of nitrogens with one attached hydrogen (secondary N) is 1. The van der Waals surface area contributed by atoms with Crippen LogP contribution in [-0.2, 0) is 16.2 Å². The third-order valence-corrected chi connectivity index (χ3v) is 4.87. The lowest BCUT2D eigenvalue weighted by atomic mass is 10.1. The first-order valence-corrected chi connectivity index (χ1v) is 9.36. The van der Waals surface area contributed by atoms with Crippen molar-refractivity contribution in [3.63, 3.8) is 0 Å². The zero-order valence-electron chi connectivity index (χ0n) is 15.7. The molecule has 1 N–H and O–H groups in total. The highest BCUT2D eigenvalue weighted by atomic mass is 16.5. The predicted octanol–water partition coefficient (Wildman–Crippen LogP) is 2.72. The molecule has 1 atom stereocenters. The number of hydrogen-bond donors (Lipinski definition) is 1. The van der Waals surface area contributed by atoms with Crippen LogP contribution in [0.1, 0.15) is 19.0 Å². The molecule has 28 heavy (non-hydrogen) atoms. The Balaban J connectivity index is 1.37. The summed E-state index contributed by atoms with van der Waals surface area (Å²) < 4.78 is 7.77. The van der Waals surface area contributed by atoms with Gasteiger partial charge in [0.15, 0.2) is 0 Å². The standard InChI is InChI=1S/C21H22N4O3/c1-2-24-12-15(10-20(24)26)21(27)23-16-6-5-7-18(11-16)28-14-17-13-25-9-4-3-8-19(25)22-17/h3-9,11,13,15H,2,10,12,14H2,1H3,(H,23,27). The Labute approximate surface area is 162 Å². The van der Waals surface area contributed by atoms with E-state index in [1.165, 1.54) is 0 Å². The van der Waals surface area contributed by atoms with E-state index in [9.17, 15) is 9.59 Å². The number of amides is 2. The van der Waals surface area contributed by atoms with Gasteiger partial charge in [0, 0.05) is 43.7 Å². The first-order valence-electron chi connectivity index (χ1n) is 9.36. The number of benzene rings is 1. The molecule has 144 valence electrons. The van der Waals surface area contributed by atoms with Crippen molar-refractivity contribution in [1.82, 2.24) is 14.3 Å². The molecule has 7 nitrogen and oxygen atoms in total. The highest BCUT2D eigenvalue weighted by Crippen LogP contribution is 2.22. The number of carbonyl (C=O) groups is 2. The van der Waals surface area contributed by atoms with E-state index < -0.39 is 0 Å². The number of ether oxygens (including phenoxy) is 1. The predicted molar refractivity (Wildman–Crippen MR) is 105 cm³/mol. The van der Waals surface area contributed by atoms with Crippen LogP contribution in [0.25, 0.3) is 5.65 Å². The van der Waals surface area contributed by atoms with E-state index in [0.29, 0.717) is 31.1 Å². The Bertz CT molecular complexity index is 981. The van der Waals surface area contributed by atoms with Gasteiger partial charge in [-0.15, -0.1) is 0 Å². The minimum atomic E-state index is -0.310. The average Bonchev–Trinajstić information content (AvgIpc) is 3.29. The number of likely N-dealkylation sites (tertiary alicyclic amines) is 1. The number of imidazole rings is 1. The van der Waals surface area contributed by atoms with Crippen LogP contribution in [0.2, 0.25) is 0 Å². The number of aromatic nitrogens is 2. The summed E-state index contributed by atoms with van der Waals surface area (Å²) in [5.74, 6) is 0.233. The van der Waals surface area contributed by atoms with Crippen LogP contribution in [0.5, 0.6) is 5.75 Å². The molecule has 2 aromatic heterocycles. The zero-order valence-corrected chi connectivity index (χ0v) is 15.7. The molecule has 1 saturated heterocycles. The van der Waals surface area contributed by atoms with Crippen LogP contribution in [0.4, 0.5) is 5.69 Å². The Hall–Kier alpha value is -3.35. The molecule has 0 aliphatic carbocycles. The van der Waals surface area contributed by atoms with Gasteiger partial charge >= 0.3 is 0 Å². The number of hydrogen-bond acceptors (Lipinski definition) is 4. The van der Waals surface area contributed by atoms with Crippen LogP contribution in [0, 0.1) is 5.92 Å². The largest absolute Gasteiger partial charge is 0.487 e. The zero-order chi connectivity index (χ0) is 19.5. The second-order valence-electron chi connectivity index (χ2n) is 6.84. The lowest BCUT2D eigenvalue weighted by molar-refractivity contribution is -0.128. The van der Waals surface area contributed by atoms with Gasteiger partial charge in [0.25, 0.3) is 0 Å². The minimum absolute atomic E-state index is 0.0344. The summed E-state index contributed by atoms with van der Waals surface area (Å²) in [5, 5.41) is 2.89. The van der Waals surface area contributed by atoms with Gasteiger partial charge in [-0.05, 0) is 31.2 Å². The van der Waals surface area contributed by atoms with Gasteiger partial charge in [0.2, 0.25) is 11.8 Å². The third kappa shape index (κ3) is 3.83. The number of anilines is 1. The van der Waals surface area contributed by atoms with Gasteiger partial charge in [-0.1, -0.05) is 12.1 Å². The molecular weight excluding hydrogens is 356 g/mol. The molecule has 4 rings (SSSR count). The van der Waals surface area contributed by atoms with Crippen LogP contribution in [-0.4, -0.2) is 39.2 Å². The summed E-state index contributed by atoms with van der Waals surface area (Å²) >= 11 is 0. The van der Waals surface area contributed by atoms with E-state index in [0.717, 1.165) is 11.3 Å². The van der Waals surface area contributed by atoms with Gasteiger partial charge in [-0.2, -0.15) is 0 Å². The van der Waals surface area contributed by atoms with Crippen molar-refractivity contribution in [1.29, 1.82) is 0 Å². The summed E-state index contributed by atoms with van der Waals surface area (Å²) in [6.07, 6.45) is 4.14. The molecule has 0 bridgehead atoms. The third-order valence-electron chi connectivity index (χ3n) is 4.87. The Morgan fingerprint density at radius 2 is 2.18 bits per heavy atom. The van der Waals surface area contributed by atoms with E-state index in [1.54, 1.807) is 11.0 Å². The van der Waals surface area contributed by atoms with Crippen molar-refractivity contribution in [2.75, 3.05) is 18.4 Å². The molecule has 0 saturated carbocycles. The van der Waals surface area contributed by atoms with Crippen LogP contribution in [0.15, 0.2) is 54.9 Å². The smallest absolute Gasteiger partial charge is 0.229 e. The maximum absolute atomic E-state index is 12.5. The summed E-state index contributed by atoms with van der Waals surface area (Å²) in [4.78, 5) is 30.5. The lowest BCUT2D eigenvalue weighted by Gasteiger charge is -2.14. The van der Waals surface area contributed by atoms with Crippen molar-refractivity contribution < 1.29 is 14.3 Å². The number of rotatable bonds is 6. The number of pyridine rings is 1. The van der Waals surface area contributed by atoms with Crippen molar-refractivity contribution >= 4 is 23.1 Å². The number of carbonyl (C=O) groups excluding carboxylic acids is 2. The quantitative estimate of drug-likeness (QED) is 0.716. The second kappa shape index (κ2) is 7.72. The van der Waals surface area contributed by atoms with Gasteiger partial charge < -0.3 is 19.4 Å². The summed E-state index contributed by atoms with van der Waals surface area (Å²) in [6.45, 7) is 3.37. The van der Waals surface area contributed by atoms with Crippen LogP contribution in [0.3, 0.4) is 0 Å². The molecule has 0 spiro atoms. The SMILES string of the molecule is CCN1CC(C(=O)Nc2cccc(OCc3cn4ccccc4n3)c2)CC1=O. The molecule has 7 heteroatoms. The molecule has 1 fully saturated rings. The summed E-state index contributed by atoms with van der Waals surface area (Å²) in [6, 6.07) is 13.1. The lowest BCUT2D eigenvalue weighted by Crippen LogP contribution is -2.28. The summed E-state index contributed by atoms with van der Waals surface area (Å²) in [7, 11) is 0. The molecule has 1 unspecified atom stereocenters. The van der Waals surface area contributed by atoms with Crippen molar-refractivity contribution in [3.05, 3.63) is 60.6 Å². The van der Waals surface area contributed by atoms with Gasteiger partial charge in [0.05, 0.1) is 11.6 Å². The van der Waals surface area contributed by atoms with E-state index >= 15 is 0 Å². The van der Waals surface area contributed by atoms with Crippen molar-refractivity contribution in [2.24, 2.45) is 5.92 Å². The number of fused-ring (bicyclic) bond motifs is 1. The molecule has 1 aliphatic rings.